The van der Waals surface area contributed by atoms with E-state index in [2.05, 4.69) is 36.0 Å². The molecule has 0 radical (unpaired) electrons. The van der Waals surface area contributed by atoms with Crippen LogP contribution in [0.2, 0.25) is 0 Å². The molecule has 0 aromatic carbocycles. The molecule has 116 valence electrons. The van der Waals surface area contributed by atoms with E-state index in [4.69, 9.17) is 9.97 Å². The Bertz CT molecular complexity index is 490. The molecule has 0 amide bonds. The van der Waals surface area contributed by atoms with Gasteiger partial charge in [-0.15, -0.1) is 0 Å². The van der Waals surface area contributed by atoms with Gasteiger partial charge in [0.15, 0.2) is 0 Å². The molecule has 1 aliphatic heterocycles. The number of nitrogens with one attached hydrogen (secondary N) is 1. The van der Waals surface area contributed by atoms with Gasteiger partial charge in [-0.1, -0.05) is 6.92 Å². The maximum atomic E-state index is 4.91. The van der Waals surface area contributed by atoms with Crippen LogP contribution in [0.15, 0.2) is 0 Å². The lowest BCUT2D eigenvalue weighted by atomic mass is 10.2. The maximum absolute atomic E-state index is 4.91. The quantitative estimate of drug-likeness (QED) is 0.900. The normalized spacial score (nSPS) is 19.9. The number of hydrogen-bond acceptors (Lipinski definition) is 5. The molecule has 1 aliphatic carbocycles. The van der Waals surface area contributed by atoms with E-state index in [1.165, 1.54) is 18.4 Å². The van der Waals surface area contributed by atoms with Crippen LogP contribution in [0.5, 0.6) is 0 Å². The first-order valence-electron chi connectivity index (χ1n) is 8.25. The molecule has 3 rings (SSSR count). The Balaban J connectivity index is 1.88. The second kappa shape index (κ2) is 6.18. The minimum Gasteiger partial charge on any atom is -0.370 e. The predicted molar refractivity (Wildman–Crippen MR) is 87.2 cm³/mol. The Morgan fingerprint density at radius 3 is 2.48 bits per heavy atom. The first kappa shape index (κ1) is 14.6. The molecule has 5 nitrogen and oxygen atoms in total. The van der Waals surface area contributed by atoms with E-state index in [9.17, 15) is 0 Å². The van der Waals surface area contributed by atoms with E-state index in [0.29, 0.717) is 5.92 Å². The highest BCUT2D eigenvalue weighted by atomic mass is 15.3. The SMILES string of the molecule is CCCNc1nc(C2CC2)nc(N2CCN(C)CC2)c1C. The fourth-order valence-corrected chi connectivity index (χ4v) is 2.79. The van der Waals surface area contributed by atoms with Crippen LogP contribution >= 0.6 is 0 Å². The molecule has 2 heterocycles. The van der Waals surface area contributed by atoms with E-state index in [1.54, 1.807) is 0 Å². The van der Waals surface area contributed by atoms with Crippen molar-refractivity contribution in [2.45, 2.75) is 39.0 Å². The molecular weight excluding hydrogens is 262 g/mol. The zero-order valence-electron chi connectivity index (χ0n) is 13.5. The van der Waals surface area contributed by atoms with Gasteiger partial charge in [0.2, 0.25) is 0 Å². The summed E-state index contributed by atoms with van der Waals surface area (Å²) in [6.07, 6.45) is 3.61. The van der Waals surface area contributed by atoms with Gasteiger partial charge in [-0.3, -0.25) is 0 Å². The lowest BCUT2D eigenvalue weighted by molar-refractivity contribution is 0.312. The lowest BCUT2D eigenvalue weighted by Gasteiger charge is -2.34. The number of nitrogens with zero attached hydrogens (tertiary/aromatic N) is 4. The van der Waals surface area contributed by atoms with Crippen LogP contribution in [0.4, 0.5) is 11.6 Å². The van der Waals surface area contributed by atoms with E-state index < -0.39 is 0 Å². The summed E-state index contributed by atoms with van der Waals surface area (Å²) >= 11 is 0. The summed E-state index contributed by atoms with van der Waals surface area (Å²) in [5, 5.41) is 3.49. The summed E-state index contributed by atoms with van der Waals surface area (Å²) in [6, 6.07) is 0. The largest absolute Gasteiger partial charge is 0.370 e. The lowest BCUT2D eigenvalue weighted by Crippen LogP contribution is -2.45. The first-order valence-corrected chi connectivity index (χ1v) is 8.25. The number of aromatic nitrogens is 2. The molecule has 1 saturated heterocycles. The van der Waals surface area contributed by atoms with Gasteiger partial charge in [0.05, 0.1) is 0 Å². The van der Waals surface area contributed by atoms with Gasteiger partial charge in [0, 0.05) is 44.2 Å². The molecule has 0 unspecified atom stereocenters. The van der Waals surface area contributed by atoms with Crippen molar-refractivity contribution in [2.75, 3.05) is 50.0 Å². The van der Waals surface area contributed by atoms with Crippen LogP contribution in [0.1, 0.15) is 43.5 Å². The van der Waals surface area contributed by atoms with Crippen LogP contribution in [-0.2, 0) is 0 Å². The molecule has 0 atom stereocenters. The third kappa shape index (κ3) is 3.28. The van der Waals surface area contributed by atoms with Gasteiger partial charge in [-0.2, -0.15) is 0 Å². The predicted octanol–water partition coefficient (Wildman–Crippen LogP) is 2.24. The number of rotatable bonds is 5. The highest BCUT2D eigenvalue weighted by Crippen LogP contribution is 2.40. The van der Waals surface area contributed by atoms with Crippen molar-refractivity contribution in [3.63, 3.8) is 0 Å². The van der Waals surface area contributed by atoms with Crippen molar-refractivity contribution in [1.82, 2.24) is 14.9 Å². The fraction of sp³-hybridized carbons (Fsp3) is 0.750. The van der Waals surface area contributed by atoms with Gasteiger partial charge in [0.25, 0.3) is 0 Å². The van der Waals surface area contributed by atoms with E-state index in [1.807, 2.05) is 0 Å². The van der Waals surface area contributed by atoms with Crippen LogP contribution in [0, 0.1) is 6.92 Å². The molecule has 1 aromatic rings. The van der Waals surface area contributed by atoms with Crippen LogP contribution in [-0.4, -0.2) is 54.6 Å². The zero-order chi connectivity index (χ0) is 14.8. The third-order valence-electron chi connectivity index (χ3n) is 4.43. The summed E-state index contributed by atoms with van der Waals surface area (Å²) in [7, 11) is 2.19. The minimum absolute atomic E-state index is 0.596. The highest BCUT2D eigenvalue weighted by molar-refractivity contribution is 5.59. The first-order chi connectivity index (χ1) is 10.2. The summed E-state index contributed by atoms with van der Waals surface area (Å²) in [4.78, 5) is 14.5. The molecule has 1 aromatic heterocycles. The van der Waals surface area contributed by atoms with Crippen molar-refractivity contribution in [1.29, 1.82) is 0 Å². The molecule has 2 aliphatic rings. The number of anilines is 2. The van der Waals surface area contributed by atoms with Gasteiger partial charge in [-0.25, -0.2) is 9.97 Å². The van der Waals surface area contributed by atoms with Crippen LogP contribution < -0.4 is 10.2 Å². The Hall–Kier alpha value is -1.36. The number of hydrogen-bond donors (Lipinski definition) is 1. The van der Waals surface area contributed by atoms with Crippen molar-refractivity contribution in [3.05, 3.63) is 11.4 Å². The zero-order valence-corrected chi connectivity index (χ0v) is 13.5. The van der Waals surface area contributed by atoms with Gasteiger partial charge in [0.1, 0.15) is 17.5 Å². The molecule has 5 heteroatoms. The Morgan fingerprint density at radius 1 is 1.14 bits per heavy atom. The summed E-state index contributed by atoms with van der Waals surface area (Å²) < 4.78 is 0. The van der Waals surface area contributed by atoms with E-state index in [-0.39, 0.29) is 0 Å². The summed E-state index contributed by atoms with van der Waals surface area (Å²) in [5.41, 5.74) is 1.21. The highest BCUT2D eigenvalue weighted by Gasteiger charge is 2.29. The fourth-order valence-electron chi connectivity index (χ4n) is 2.79. The minimum atomic E-state index is 0.596. The average molecular weight is 289 g/mol. The van der Waals surface area contributed by atoms with Crippen LogP contribution in [0.3, 0.4) is 0 Å². The molecule has 1 saturated carbocycles. The smallest absolute Gasteiger partial charge is 0.137 e. The number of piperazine rings is 1. The standard InChI is InChI=1S/C16H27N5/c1-4-7-17-14-12(2)16(19-15(18-14)13-5-6-13)21-10-8-20(3)9-11-21/h13H,4-11H2,1-3H3,(H,17,18,19). The van der Waals surface area contributed by atoms with Crippen molar-refractivity contribution < 1.29 is 0 Å². The molecule has 2 fully saturated rings. The monoisotopic (exact) mass is 289 g/mol. The summed E-state index contributed by atoms with van der Waals surface area (Å²) in [5.74, 6) is 3.84. The van der Waals surface area contributed by atoms with Crippen LogP contribution in [0.25, 0.3) is 0 Å². The Kier molecular flexibility index (Phi) is 4.29. The van der Waals surface area contributed by atoms with Crippen molar-refractivity contribution >= 4 is 11.6 Å². The molecule has 1 N–H and O–H groups in total. The molecule has 0 bridgehead atoms. The Morgan fingerprint density at radius 2 is 1.86 bits per heavy atom. The third-order valence-corrected chi connectivity index (χ3v) is 4.43. The van der Waals surface area contributed by atoms with E-state index in [0.717, 1.165) is 56.6 Å². The van der Waals surface area contributed by atoms with Crippen molar-refractivity contribution in [3.8, 4) is 0 Å². The Labute approximate surface area is 127 Å². The van der Waals surface area contributed by atoms with Gasteiger partial charge in [-0.05, 0) is 33.2 Å². The molecule has 21 heavy (non-hydrogen) atoms. The summed E-state index contributed by atoms with van der Waals surface area (Å²) in [6.45, 7) is 9.66. The van der Waals surface area contributed by atoms with Gasteiger partial charge >= 0.3 is 0 Å². The van der Waals surface area contributed by atoms with Crippen molar-refractivity contribution in [2.24, 2.45) is 0 Å². The van der Waals surface area contributed by atoms with E-state index >= 15 is 0 Å². The average Bonchev–Trinajstić information content (AvgIpc) is 3.32. The second-order valence-electron chi connectivity index (χ2n) is 6.37. The molecular formula is C16H27N5. The van der Waals surface area contributed by atoms with Gasteiger partial charge < -0.3 is 15.1 Å². The second-order valence-corrected chi connectivity index (χ2v) is 6.37. The number of likely N-dealkylation sites (N-methyl/N-ethyl adjacent to an activating group) is 1. The maximum Gasteiger partial charge on any atom is 0.137 e. The molecule has 0 spiro atoms. The topological polar surface area (TPSA) is 44.3 Å².